The first-order valence-corrected chi connectivity index (χ1v) is 14.6. The van der Waals surface area contributed by atoms with E-state index in [4.69, 9.17) is 53.1 Å². The zero-order valence-corrected chi connectivity index (χ0v) is 24.6. The van der Waals surface area contributed by atoms with Gasteiger partial charge in [-0.1, -0.05) is 34.7 Å². The van der Waals surface area contributed by atoms with Crippen LogP contribution < -0.4 is 10.5 Å². The fraction of sp³-hybridized carbons (Fsp3) is 0.769. The predicted molar refractivity (Wildman–Crippen MR) is 153 cm³/mol. The van der Waals surface area contributed by atoms with E-state index in [2.05, 4.69) is 22.6 Å². The van der Waals surface area contributed by atoms with Crippen LogP contribution in [0.5, 0.6) is 5.75 Å². The van der Waals surface area contributed by atoms with Crippen molar-refractivity contribution < 1.29 is 47.4 Å². The molecular formula is C26H46INO10. The molecule has 0 fully saturated rings. The Morgan fingerprint density at radius 1 is 0.421 bits per heavy atom. The molecule has 0 atom stereocenters. The molecule has 2 N–H and O–H groups in total. The summed E-state index contributed by atoms with van der Waals surface area (Å²) in [6.07, 6.45) is 0. The van der Waals surface area contributed by atoms with Gasteiger partial charge in [0, 0.05) is 4.43 Å². The maximum Gasteiger partial charge on any atom is 0.142 e. The van der Waals surface area contributed by atoms with E-state index in [0.717, 1.165) is 11.0 Å². The quantitative estimate of drug-likeness (QED) is 0.0567. The Balaban J connectivity index is 1.65. The molecule has 0 saturated heterocycles. The molecule has 0 amide bonds. The number of alkyl halides is 1. The van der Waals surface area contributed by atoms with Crippen LogP contribution in [0.15, 0.2) is 24.3 Å². The van der Waals surface area contributed by atoms with Crippen molar-refractivity contribution in [3.05, 3.63) is 24.3 Å². The van der Waals surface area contributed by atoms with Crippen LogP contribution in [0.1, 0.15) is 0 Å². The van der Waals surface area contributed by atoms with E-state index in [1.165, 1.54) is 0 Å². The van der Waals surface area contributed by atoms with Crippen LogP contribution in [-0.4, -0.2) is 130 Å². The summed E-state index contributed by atoms with van der Waals surface area (Å²) in [5.74, 6) is 0.672. The van der Waals surface area contributed by atoms with Gasteiger partial charge in [0.1, 0.15) is 12.4 Å². The van der Waals surface area contributed by atoms with Gasteiger partial charge in [0.25, 0.3) is 0 Å². The molecule has 0 aromatic heterocycles. The van der Waals surface area contributed by atoms with Crippen LogP contribution in [-0.2, 0) is 42.6 Å². The van der Waals surface area contributed by atoms with Gasteiger partial charge in [-0.2, -0.15) is 0 Å². The Labute approximate surface area is 240 Å². The number of para-hydroxylation sites is 2. The third-order valence-electron chi connectivity index (χ3n) is 4.60. The lowest BCUT2D eigenvalue weighted by molar-refractivity contribution is -0.0251. The van der Waals surface area contributed by atoms with Crippen LogP contribution >= 0.6 is 22.6 Å². The highest BCUT2D eigenvalue weighted by atomic mass is 127. The Bertz CT molecular complexity index is 617. The van der Waals surface area contributed by atoms with Crippen LogP contribution in [0, 0.1) is 0 Å². The normalized spacial score (nSPS) is 11.3. The number of benzene rings is 1. The third-order valence-corrected chi connectivity index (χ3v) is 5.04. The van der Waals surface area contributed by atoms with Gasteiger partial charge in [-0.25, -0.2) is 0 Å². The Kier molecular flexibility index (Phi) is 27.0. The summed E-state index contributed by atoms with van der Waals surface area (Å²) in [7, 11) is 0. The van der Waals surface area contributed by atoms with Gasteiger partial charge in [0.2, 0.25) is 0 Å². The molecule has 11 nitrogen and oxygen atoms in total. The van der Waals surface area contributed by atoms with E-state index in [1.54, 1.807) is 6.07 Å². The van der Waals surface area contributed by atoms with Gasteiger partial charge in [-0.05, 0) is 12.1 Å². The number of ether oxygens (including phenoxy) is 10. The van der Waals surface area contributed by atoms with E-state index in [0.29, 0.717) is 130 Å². The zero-order valence-electron chi connectivity index (χ0n) is 22.5. The SMILES string of the molecule is Nc1ccccc1OCCOCCOCCOCCOCCOCCOCCOCCOCCOCCI. The summed E-state index contributed by atoms with van der Waals surface area (Å²) in [6.45, 7) is 10.2. The number of hydrogen-bond acceptors (Lipinski definition) is 11. The lowest BCUT2D eigenvalue weighted by Crippen LogP contribution is -2.15. The molecule has 0 bridgehead atoms. The van der Waals surface area contributed by atoms with Gasteiger partial charge in [0.05, 0.1) is 125 Å². The van der Waals surface area contributed by atoms with Crippen LogP contribution in [0.25, 0.3) is 0 Å². The standard InChI is InChI=1S/C26H46INO10/c27-5-6-29-7-8-30-9-10-31-11-12-32-13-14-33-15-16-34-17-18-35-19-20-36-21-22-37-23-24-38-26-4-2-1-3-25(26)28/h1-4H,5-24,28H2. The predicted octanol–water partition coefficient (Wildman–Crippen LogP) is 2.23. The highest BCUT2D eigenvalue weighted by Crippen LogP contribution is 2.19. The van der Waals surface area contributed by atoms with Crippen molar-refractivity contribution in [2.24, 2.45) is 0 Å². The smallest absolute Gasteiger partial charge is 0.142 e. The van der Waals surface area contributed by atoms with E-state index in [-0.39, 0.29) is 0 Å². The summed E-state index contributed by atoms with van der Waals surface area (Å²) in [5, 5.41) is 0. The number of nitrogens with two attached hydrogens (primary N) is 1. The minimum absolute atomic E-state index is 0.443. The molecule has 38 heavy (non-hydrogen) atoms. The number of rotatable bonds is 30. The van der Waals surface area contributed by atoms with E-state index in [9.17, 15) is 0 Å². The summed E-state index contributed by atoms with van der Waals surface area (Å²) in [4.78, 5) is 0. The second kappa shape index (κ2) is 29.2. The average molecular weight is 660 g/mol. The number of nitrogen functional groups attached to an aromatic ring is 1. The van der Waals surface area contributed by atoms with Crippen molar-refractivity contribution in [2.75, 3.05) is 136 Å². The van der Waals surface area contributed by atoms with Crippen molar-refractivity contribution in [1.82, 2.24) is 0 Å². The van der Waals surface area contributed by atoms with Crippen molar-refractivity contribution in [3.63, 3.8) is 0 Å². The van der Waals surface area contributed by atoms with Crippen molar-refractivity contribution in [3.8, 4) is 5.75 Å². The number of anilines is 1. The van der Waals surface area contributed by atoms with E-state index >= 15 is 0 Å². The fourth-order valence-corrected chi connectivity index (χ4v) is 3.05. The maximum absolute atomic E-state index is 5.81. The minimum atomic E-state index is 0.443. The molecule has 0 unspecified atom stereocenters. The summed E-state index contributed by atoms with van der Waals surface area (Å²) in [6, 6.07) is 7.38. The monoisotopic (exact) mass is 659 g/mol. The second-order valence-corrected chi connectivity index (χ2v) is 8.67. The largest absolute Gasteiger partial charge is 0.489 e. The molecule has 0 aliphatic rings. The number of halogens is 1. The molecule has 0 aliphatic heterocycles. The molecular weight excluding hydrogens is 613 g/mol. The molecule has 0 heterocycles. The van der Waals surface area contributed by atoms with Crippen molar-refractivity contribution in [2.45, 2.75) is 0 Å². The van der Waals surface area contributed by atoms with E-state index < -0.39 is 0 Å². The number of hydrogen-bond donors (Lipinski definition) is 1. The summed E-state index contributed by atoms with van der Waals surface area (Å²) >= 11 is 2.28. The summed E-state index contributed by atoms with van der Waals surface area (Å²) in [5.41, 5.74) is 6.43. The van der Waals surface area contributed by atoms with E-state index in [1.807, 2.05) is 18.2 Å². The summed E-state index contributed by atoms with van der Waals surface area (Å²) < 4.78 is 55.4. The Morgan fingerprint density at radius 2 is 0.711 bits per heavy atom. The van der Waals surface area contributed by atoms with Crippen LogP contribution in [0.2, 0.25) is 0 Å². The van der Waals surface area contributed by atoms with Gasteiger partial charge in [-0.3, -0.25) is 0 Å². The molecule has 1 rings (SSSR count). The van der Waals surface area contributed by atoms with Crippen LogP contribution in [0.4, 0.5) is 5.69 Å². The van der Waals surface area contributed by atoms with Crippen molar-refractivity contribution in [1.29, 1.82) is 0 Å². The molecule has 0 aliphatic carbocycles. The fourth-order valence-electron chi connectivity index (χ4n) is 2.74. The van der Waals surface area contributed by atoms with Crippen molar-refractivity contribution >= 4 is 28.3 Å². The molecule has 1 aromatic carbocycles. The first-order valence-electron chi connectivity index (χ1n) is 13.1. The molecule has 0 spiro atoms. The third kappa shape index (κ3) is 24.2. The Morgan fingerprint density at radius 3 is 1.03 bits per heavy atom. The molecule has 12 heteroatoms. The van der Waals surface area contributed by atoms with Gasteiger partial charge in [-0.15, -0.1) is 0 Å². The Hall–Kier alpha value is -0.810. The van der Waals surface area contributed by atoms with Gasteiger partial charge in [0.15, 0.2) is 0 Å². The first-order chi connectivity index (χ1) is 18.8. The lowest BCUT2D eigenvalue weighted by atomic mass is 10.3. The molecule has 0 saturated carbocycles. The molecule has 0 radical (unpaired) electrons. The second-order valence-electron chi connectivity index (χ2n) is 7.59. The molecule has 1 aromatic rings. The van der Waals surface area contributed by atoms with Crippen LogP contribution in [0.3, 0.4) is 0 Å². The highest BCUT2D eigenvalue weighted by Gasteiger charge is 1.98. The van der Waals surface area contributed by atoms with Gasteiger partial charge < -0.3 is 53.1 Å². The zero-order chi connectivity index (χ0) is 27.2. The first kappa shape index (κ1) is 35.2. The average Bonchev–Trinajstić information content (AvgIpc) is 2.93. The lowest BCUT2D eigenvalue weighted by Gasteiger charge is -2.09. The topological polar surface area (TPSA) is 118 Å². The minimum Gasteiger partial charge on any atom is -0.489 e. The highest BCUT2D eigenvalue weighted by molar-refractivity contribution is 14.1. The molecule has 222 valence electrons. The van der Waals surface area contributed by atoms with Gasteiger partial charge >= 0.3 is 0 Å². The maximum atomic E-state index is 5.81.